The zero-order valence-electron chi connectivity index (χ0n) is 16.8. The summed E-state index contributed by atoms with van der Waals surface area (Å²) in [6.07, 6.45) is 3.18. The maximum absolute atomic E-state index is 13.3. The smallest absolute Gasteiger partial charge is 0.243 e. The number of carbonyl (C=O) groups is 1. The van der Waals surface area contributed by atoms with E-state index in [1.165, 1.54) is 18.4 Å². The molecule has 1 amide bonds. The quantitative estimate of drug-likeness (QED) is 0.323. The molecule has 0 aliphatic rings. The van der Waals surface area contributed by atoms with Crippen LogP contribution < -0.4 is 10.8 Å². The molecular weight excluding hydrogens is 379 g/mol. The van der Waals surface area contributed by atoms with Crippen LogP contribution in [-0.4, -0.2) is 17.7 Å². The molecule has 0 aromatic heterocycles. The fraction of sp³-hybridized carbons (Fsp3) is 0.409. The maximum atomic E-state index is 13.3. The molecule has 0 aliphatic heterocycles. The number of hydrogen-bond acceptors (Lipinski definition) is 3. The van der Waals surface area contributed by atoms with Crippen LogP contribution >= 0.6 is 11.6 Å². The molecule has 0 fully saturated rings. The lowest BCUT2D eigenvalue weighted by atomic mass is 10.0. The molecule has 0 aliphatic carbocycles. The summed E-state index contributed by atoms with van der Waals surface area (Å²) >= 11 is 5.78. The maximum Gasteiger partial charge on any atom is 0.243 e. The number of amides is 1. The van der Waals surface area contributed by atoms with Crippen molar-refractivity contribution in [3.63, 3.8) is 0 Å². The number of carbonyl (C=O) groups excluding carboxylic acids is 1. The lowest BCUT2D eigenvalue weighted by Crippen LogP contribution is -2.18. The van der Waals surface area contributed by atoms with Gasteiger partial charge in [-0.05, 0) is 67.6 Å². The first-order valence-electron chi connectivity index (χ1n) is 9.51. The van der Waals surface area contributed by atoms with E-state index >= 15 is 0 Å². The van der Waals surface area contributed by atoms with Gasteiger partial charge in [0, 0.05) is 18.0 Å². The Balaban J connectivity index is 0.000000283. The van der Waals surface area contributed by atoms with Gasteiger partial charge in [-0.1, -0.05) is 49.2 Å². The Kier molecular flexibility index (Phi) is 11.4. The molecule has 0 spiro atoms. The summed E-state index contributed by atoms with van der Waals surface area (Å²) in [5.74, 6) is -0.639. The van der Waals surface area contributed by atoms with E-state index in [-0.39, 0.29) is 12.2 Å². The molecule has 0 unspecified atom stereocenters. The Labute approximate surface area is 172 Å². The fourth-order valence-electron chi connectivity index (χ4n) is 2.63. The first kappa shape index (κ1) is 24.1. The predicted molar refractivity (Wildman–Crippen MR) is 112 cm³/mol. The molecule has 2 aromatic rings. The zero-order chi connectivity index (χ0) is 20.9. The van der Waals surface area contributed by atoms with Gasteiger partial charge >= 0.3 is 0 Å². The Hall–Kier alpha value is -1.95. The highest BCUT2D eigenvalue weighted by Gasteiger charge is 2.06. The van der Waals surface area contributed by atoms with Gasteiger partial charge in [0.25, 0.3) is 0 Å². The van der Waals surface area contributed by atoms with Crippen molar-refractivity contribution in [2.45, 2.75) is 53.0 Å². The SMILES string of the molecule is CCCCNCc1ccc(Cl)cc1.Cc1cc(CCC(=O)NO)cc(C)c1F. The number of unbranched alkanes of at least 4 members (excludes halogenated alkanes) is 1. The normalized spacial score (nSPS) is 10.2. The second-order valence-electron chi connectivity index (χ2n) is 6.74. The third-order valence-electron chi connectivity index (χ3n) is 4.21. The van der Waals surface area contributed by atoms with Crippen molar-refractivity contribution in [2.75, 3.05) is 6.54 Å². The van der Waals surface area contributed by atoms with Crippen LogP contribution in [0.4, 0.5) is 4.39 Å². The summed E-state index contributed by atoms with van der Waals surface area (Å²) in [5.41, 5.74) is 4.91. The minimum atomic E-state index is -0.436. The van der Waals surface area contributed by atoms with Crippen molar-refractivity contribution in [3.8, 4) is 0 Å². The lowest BCUT2D eigenvalue weighted by Gasteiger charge is -2.06. The Morgan fingerprint density at radius 3 is 2.25 bits per heavy atom. The summed E-state index contributed by atoms with van der Waals surface area (Å²) in [7, 11) is 0. The first-order chi connectivity index (χ1) is 13.4. The Morgan fingerprint density at radius 1 is 1.11 bits per heavy atom. The van der Waals surface area contributed by atoms with Crippen molar-refractivity contribution in [1.29, 1.82) is 0 Å². The molecule has 4 nitrogen and oxygen atoms in total. The lowest BCUT2D eigenvalue weighted by molar-refractivity contribution is -0.129. The van der Waals surface area contributed by atoms with E-state index < -0.39 is 5.91 Å². The number of hydroxylamine groups is 1. The molecule has 154 valence electrons. The molecule has 0 atom stereocenters. The molecule has 2 aromatic carbocycles. The van der Waals surface area contributed by atoms with E-state index in [2.05, 4.69) is 24.4 Å². The van der Waals surface area contributed by atoms with Crippen LogP contribution in [0, 0.1) is 19.7 Å². The van der Waals surface area contributed by atoms with Crippen molar-refractivity contribution in [3.05, 3.63) is 69.5 Å². The number of benzene rings is 2. The van der Waals surface area contributed by atoms with Crippen LogP contribution in [0.15, 0.2) is 36.4 Å². The zero-order valence-corrected chi connectivity index (χ0v) is 17.6. The summed E-state index contributed by atoms with van der Waals surface area (Å²) in [5, 5.41) is 12.5. The van der Waals surface area contributed by atoms with Crippen molar-refractivity contribution in [1.82, 2.24) is 10.8 Å². The van der Waals surface area contributed by atoms with Gasteiger partial charge in [-0.2, -0.15) is 0 Å². The Morgan fingerprint density at radius 2 is 1.71 bits per heavy atom. The summed E-state index contributed by atoms with van der Waals surface area (Å²) < 4.78 is 13.3. The minimum Gasteiger partial charge on any atom is -0.313 e. The van der Waals surface area contributed by atoms with Crippen LogP contribution in [0.25, 0.3) is 0 Å². The van der Waals surface area contributed by atoms with E-state index in [4.69, 9.17) is 16.8 Å². The second kappa shape index (κ2) is 13.3. The molecule has 0 saturated carbocycles. The highest BCUT2D eigenvalue weighted by Crippen LogP contribution is 2.15. The van der Waals surface area contributed by atoms with E-state index in [9.17, 15) is 9.18 Å². The van der Waals surface area contributed by atoms with Gasteiger partial charge in [0.05, 0.1) is 0 Å². The third kappa shape index (κ3) is 9.31. The fourth-order valence-corrected chi connectivity index (χ4v) is 2.76. The topological polar surface area (TPSA) is 61.4 Å². The van der Waals surface area contributed by atoms with Gasteiger partial charge in [0.1, 0.15) is 5.82 Å². The van der Waals surface area contributed by atoms with E-state index in [0.29, 0.717) is 17.5 Å². The molecule has 0 radical (unpaired) electrons. The highest BCUT2D eigenvalue weighted by molar-refractivity contribution is 6.30. The largest absolute Gasteiger partial charge is 0.313 e. The van der Waals surface area contributed by atoms with Crippen LogP contribution in [0.5, 0.6) is 0 Å². The van der Waals surface area contributed by atoms with Gasteiger partial charge in [-0.3, -0.25) is 10.0 Å². The molecule has 2 rings (SSSR count). The van der Waals surface area contributed by atoms with Crippen LogP contribution in [0.3, 0.4) is 0 Å². The van der Waals surface area contributed by atoms with Crippen molar-refractivity contribution >= 4 is 17.5 Å². The molecule has 0 bridgehead atoms. The average Bonchev–Trinajstić information content (AvgIpc) is 2.69. The average molecular weight is 409 g/mol. The number of hydrogen-bond donors (Lipinski definition) is 3. The standard InChI is InChI=1S/C11H16ClN.C11H14FNO2/c1-2-3-8-13-9-10-4-6-11(12)7-5-10;1-7-5-9(3-4-10(14)13-15)6-8(2)11(7)12/h4-7,13H,2-3,8-9H2,1H3;5-6,15H,3-4H2,1-2H3,(H,13,14). The number of halogens is 2. The number of aryl methyl sites for hydroxylation is 3. The van der Waals surface area contributed by atoms with Gasteiger partial charge < -0.3 is 5.32 Å². The number of nitrogens with one attached hydrogen (secondary N) is 2. The van der Waals surface area contributed by atoms with E-state index in [1.54, 1.807) is 31.5 Å². The highest BCUT2D eigenvalue weighted by atomic mass is 35.5. The van der Waals surface area contributed by atoms with Gasteiger partial charge in [-0.15, -0.1) is 0 Å². The second-order valence-corrected chi connectivity index (χ2v) is 7.17. The van der Waals surface area contributed by atoms with Crippen molar-refractivity contribution < 1.29 is 14.4 Å². The molecular formula is C22H30ClFN2O2. The van der Waals surface area contributed by atoms with Crippen LogP contribution in [0.1, 0.15) is 48.4 Å². The summed E-state index contributed by atoms with van der Waals surface area (Å²) in [6, 6.07) is 11.4. The van der Waals surface area contributed by atoms with Crippen LogP contribution in [0.2, 0.25) is 5.02 Å². The predicted octanol–water partition coefficient (Wildman–Crippen LogP) is 5.11. The van der Waals surface area contributed by atoms with Crippen molar-refractivity contribution in [2.24, 2.45) is 0 Å². The third-order valence-corrected chi connectivity index (χ3v) is 4.46. The van der Waals surface area contributed by atoms with Gasteiger partial charge in [0.2, 0.25) is 5.91 Å². The number of rotatable bonds is 8. The molecule has 6 heteroatoms. The molecule has 28 heavy (non-hydrogen) atoms. The minimum absolute atomic E-state index is 0.195. The monoisotopic (exact) mass is 408 g/mol. The van der Waals surface area contributed by atoms with Gasteiger partial charge in [-0.25, -0.2) is 9.87 Å². The first-order valence-corrected chi connectivity index (χ1v) is 9.88. The van der Waals surface area contributed by atoms with Crippen LogP contribution in [-0.2, 0) is 17.8 Å². The van der Waals surface area contributed by atoms with Gasteiger partial charge in [0.15, 0.2) is 0 Å². The van der Waals surface area contributed by atoms with E-state index in [1.807, 2.05) is 12.1 Å². The summed E-state index contributed by atoms with van der Waals surface area (Å²) in [6.45, 7) is 7.62. The molecule has 3 N–H and O–H groups in total. The molecule has 0 saturated heterocycles. The van der Waals surface area contributed by atoms with E-state index in [0.717, 1.165) is 23.7 Å². The Bertz CT molecular complexity index is 713. The molecule has 0 heterocycles. The summed E-state index contributed by atoms with van der Waals surface area (Å²) in [4.78, 5) is 10.8.